The summed E-state index contributed by atoms with van der Waals surface area (Å²) < 4.78 is -0.979. The Balaban J connectivity index is 0.00000243. The Morgan fingerprint density at radius 1 is 0.654 bits per heavy atom. The zero-order valence-electron chi connectivity index (χ0n) is 17.1. The van der Waals surface area contributed by atoms with Crippen LogP contribution in [-0.4, -0.2) is 0 Å². The average molecular weight is 554 g/mol. The van der Waals surface area contributed by atoms with E-state index in [-0.39, 0.29) is 36.7 Å². The Bertz CT molecular complexity index is 794. The monoisotopic (exact) mass is 554 g/mol. The van der Waals surface area contributed by atoms with E-state index in [9.17, 15) is 0 Å². The number of hydrogen-bond acceptors (Lipinski definition) is 0. The number of alkyl halides is 2. The van der Waals surface area contributed by atoms with Crippen LogP contribution in [0.15, 0.2) is 24.3 Å². The molecule has 0 N–H and O–H groups in total. The molecule has 1 aliphatic carbocycles. The van der Waals surface area contributed by atoms with Gasteiger partial charge in [-0.1, -0.05) is 76.9 Å². The van der Waals surface area contributed by atoms with Crippen LogP contribution in [0.3, 0.4) is 0 Å². The van der Waals surface area contributed by atoms with Crippen molar-refractivity contribution in [3.63, 3.8) is 0 Å². The maximum atomic E-state index is 6.87. The molecule has 0 aromatic heterocycles. The zero-order chi connectivity index (χ0) is 18.9. The van der Waals surface area contributed by atoms with Gasteiger partial charge in [0.25, 0.3) is 0 Å². The minimum absolute atomic E-state index is 0. The van der Waals surface area contributed by atoms with Crippen LogP contribution in [0.2, 0.25) is 0 Å². The summed E-state index contributed by atoms with van der Waals surface area (Å²) in [7, 11) is 0. The Morgan fingerprint density at radius 3 is 1.23 bits per heavy atom. The van der Waals surface area contributed by atoms with Crippen molar-refractivity contribution in [1.29, 1.82) is 0 Å². The van der Waals surface area contributed by atoms with E-state index < -0.39 is 4.33 Å². The molecule has 0 saturated heterocycles. The molecule has 0 saturated carbocycles. The van der Waals surface area contributed by atoms with Crippen LogP contribution < -0.4 is 0 Å². The van der Waals surface area contributed by atoms with Crippen LogP contribution in [0.1, 0.15) is 74.9 Å². The van der Waals surface area contributed by atoms with Crippen molar-refractivity contribution in [3.05, 3.63) is 57.6 Å². The van der Waals surface area contributed by atoms with E-state index in [1.807, 2.05) is 0 Å². The van der Waals surface area contributed by atoms with Crippen LogP contribution in [0.5, 0.6) is 0 Å². The van der Waals surface area contributed by atoms with Gasteiger partial charge in [0.1, 0.15) is 0 Å². The summed E-state index contributed by atoms with van der Waals surface area (Å²) in [5, 5.41) is 0. The Kier molecular flexibility index (Phi) is 5.76. The van der Waals surface area contributed by atoms with Crippen molar-refractivity contribution in [2.24, 2.45) is 0 Å². The van der Waals surface area contributed by atoms with Gasteiger partial charge in [-0.25, -0.2) is 0 Å². The topological polar surface area (TPSA) is 0 Å². The number of hydrogen-bond donors (Lipinski definition) is 0. The molecule has 0 bridgehead atoms. The number of benzene rings is 2. The van der Waals surface area contributed by atoms with Gasteiger partial charge in [-0.05, 0) is 70.2 Å². The third kappa shape index (κ3) is 3.49. The average Bonchev–Trinajstić information content (AvgIpc) is 2.63. The fourth-order valence-electron chi connectivity index (χ4n) is 4.14. The van der Waals surface area contributed by atoms with Gasteiger partial charge >= 0.3 is 0 Å². The second-order valence-corrected chi connectivity index (χ2v) is 10.8. The van der Waals surface area contributed by atoms with E-state index in [1.54, 1.807) is 0 Å². The summed E-state index contributed by atoms with van der Waals surface area (Å²) in [4.78, 5) is 0. The van der Waals surface area contributed by atoms with Gasteiger partial charge in [0.15, 0.2) is 4.33 Å². The fraction of sp³-hybridized carbons (Fsp3) is 0.478. The van der Waals surface area contributed by atoms with Gasteiger partial charge in [0, 0.05) is 37.0 Å². The molecule has 0 heterocycles. The molecule has 0 atom stereocenters. The molecule has 2 aromatic carbocycles. The quantitative estimate of drug-likeness (QED) is 0.233. The first-order chi connectivity index (χ1) is 11.2. The van der Waals surface area contributed by atoms with Crippen molar-refractivity contribution >= 4 is 23.2 Å². The van der Waals surface area contributed by atoms with Crippen LogP contribution in [0.25, 0.3) is 11.1 Å². The van der Waals surface area contributed by atoms with E-state index in [0.29, 0.717) is 0 Å². The van der Waals surface area contributed by atoms with E-state index in [4.69, 9.17) is 23.2 Å². The zero-order valence-corrected chi connectivity index (χ0v) is 22.2. The minimum atomic E-state index is -0.979. The van der Waals surface area contributed by atoms with E-state index in [0.717, 1.165) is 11.1 Å². The van der Waals surface area contributed by atoms with Crippen LogP contribution >= 0.6 is 23.2 Å². The molecule has 0 fully saturated rings. The molecular weight excluding hydrogens is 526 g/mol. The van der Waals surface area contributed by atoms with Gasteiger partial charge < -0.3 is 0 Å². The number of halogens is 2. The first kappa shape index (κ1) is 22.2. The SMILES string of the molecule is Cc1cc2c(cc1C(C)(C)C)-c1cc(C(C)(C)C)c(C)cc1C2(Cl)Cl.[Hf]. The van der Waals surface area contributed by atoms with Gasteiger partial charge in [-0.3, -0.25) is 0 Å². The molecule has 0 radical (unpaired) electrons. The number of rotatable bonds is 0. The first-order valence-electron chi connectivity index (χ1n) is 8.94. The number of aryl methyl sites for hydroxylation is 2. The molecule has 3 rings (SSSR count). The van der Waals surface area contributed by atoms with Crippen LogP contribution in [0.4, 0.5) is 0 Å². The summed E-state index contributed by atoms with van der Waals surface area (Å²) in [5.41, 5.74) is 9.75. The van der Waals surface area contributed by atoms with Gasteiger partial charge in [0.2, 0.25) is 0 Å². The van der Waals surface area contributed by atoms with Gasteiger partial charge in [0.05, 0.1) is 0 Å². The first-order valence-corrected chi connectivity index (χ1v) is 9.69. The normalized spacial score (nSPS) is 15.3. The Morgan fingerprint density at radius 2 is 0.962 bits per heavy atom. The van der Waals surface area contributed by atoms with Crippen molar-refractivity contribution < 1.29 is 25.8 Å². The molecule has 138 valence electrons. The molecule has 0 unspecified atom stereocenters. The summed E-state index contributed by atoms with van der Waals surface area (Å²) in [5.74, 6) is 0. The molecule has 0 spiro atoms. The van der Waals surface area contributed by atoms with Crippen molar-refractivity contribution in [2.45, 2.75) is 70.6 Å². The fourth-order valence-corrected chi connectivity index (χ4v) is 4.77. The smallest absolute Gasteiger partial charge is 0.0909 e. The molecule has 0 aliphatic heterocycles. The molecule has 3 heteroatoms. The van der Waals surface area contributed by atoms with Crippen molar-refractivity contribution in [2.75, 3.05) is 0 Å². The molecular formula is C23H28Cl2Hf. The maximum absolute atomic E-state index is 6.87. The standard InChI is InChI=1S/C23H28Cl2.Hf/c1-13-9-19-15(11-17(13)21(3,4)5)16-12-18(22(6,7)8)14(2)10-20(16)23(19,24)25;/h9-12H,1-8H3;. The second-order valence-electron chi connectivity index (χ2n) is 9.50. The van der Waals surface area contributed by atoms with Crippen LogP contribution in [-0.2, 0) is 41.0 Å². The van der Waals surface area contributed by atoms with Crippen molar-refractivity contribution in [1.82, 2.24) is 0 Å². The van der Waals surface area contributed by atoms with E-state index >= 15 is 0 Å². The summed E-state index contributed by atoms with van der Waals surface area (Å²) in [6.07, 6.45) is 0. The molecule has 0 amide bonds. The largest absolute Gasteiger partial charge is 0.169 e. The summed E-state index contributed by atoms with van der Waals surface area (Å²) in [6, 6.07) is 8.97. The molecule has 1 aliphatic rings. The molecule has 26 heavy (non-hydrogen) atoms. The summed E-state index contributed by atoms with van der Waals surface area (Å²) >= 11 is 13.7. The Hall–Kier alpha value is -0.110. The number of fused-ring (bicyclic) bond motifs is 3. The van der Waals surface area contributed by atoms with Gasteiger partial charge in [-0.2, -0.15) is 0 Å². The minimum Gasteiger partial charge on any atom is -0.0909 e. The van der Waals surface area contributed by atoms with Crippen molar-refractivity contribution in [3.8, 4) is 11.1 Å². The molecule has 2 aromatic rings. The Labute approximate surface area is 187 Å². The predicted octanol–water partition coefficient (Wildman–Crippen LogP) is 7.56. The summed E-state index contributed by atoms with van der Waals surface area (Å²) in [6.45, 7) is 17.8. The predicted molar refractivity (Wildman–Crippen MR) is 111 cm³/mol. The third-order valence-corrected chi connectivity index (χ3v) is 6.13. The second kappa shape index (κ2) is 6.75. The molecule has 0 nitrogen and oxygen atoms in total. The van der Waals surface area contributed by atoms with E-state index in [1.165, 1.54) is 33.4 Å². The van der Waals surface area contributed by atoms with Crippen LogP contribution in [0, 0.1) is 13.8 Å². The van der Waals surface area contributed by atoms with E-state index in [2.05, 4.69) is 79.7 Å². The third-order valence-electron chi connectivity index (χ3n) is 5.31. The maximum Gasteiger partial charge on any atom is 0.169 e. The van der Waals surface area contributed by atoms with Gasteiger partial charge in [-0.15, -0.1) is 0 Å².